The van der Waals surface area contributed by atoms with Crippen LogP contribution in [0.2, 0.25) is 0 Å². The van der Waals surface area contributed by atoms with E-state index in [9.17, 15) is 14.4 Å². The van der Waals surface area contributed by atoms with Gasteiger partial charge in [-0.15, -0.1) is 0 Å². The highest BCUT2D eigenvalue weighted by molar-refractivity contribution is 5.81. The van der Waals surface area contributed by atoms with E-state index in [1.54, 1.807) is 4.90 Å². The van der Waals surface area contributed by atoms with Crippen LogP contribution in [0.3, 0.4) is 0 Å². The molecule has 0 bridgehead atoms. The van der Waals surface area contributed by atoms with Crippen molar-refractivity contribution in [3.63, 3.8) is 0 Å². The summed E-state index contributed by atoms with van der Waals surface area (Å²) in [6, 6.07) is 0. The Hall–Kier alpha value is -1.59. The number of amides is 1. The van der Waals surface area contributed by atoms with Gasteiger partial charge in [0.05, 0.1) is 19.4 Å². The Morgan fingerprint density at radius 2 is 1.86 bits per heavy atom. The molecule has 1 N–H and O–H groups in total. The van der Waals surface area contributed by atoms with Crippen molar-refractivity contribution in [1.29, 1.82) is 0 Å². The Kier molecular flexibility index (Phi) is 6.65. The highest BCUT2D eigenvalue weighted by Gasteiger charge is 2.36. The average Bonchev–Trinajstić information content (AvgIpc) is 2.91. The maximum Gasteiger partial charge on any atom is 0.307 e. The summed E-state index contributed by atoms with van der Waals surface area (Å²) in [4.78, 5) is 36.4. The molecule has 1 aliphatic carbocycles. The molecule has 21 heavy (non-hydrogen) atoms. The van der Waals surface area contributed by atoms with E-state index in [-0.39, 0.29) is 24.2 Å². The number of carbonyl (C=O) groups is 3. The molecule has 0 aromatic heterocycles. The fourth-order valence-electron chi connectivity index (χ4n) is 2.75. The molecular formula is C15H25NO5. The number of carbonyl (C=O) groups excluding carboxylic acids is 2. The largest absolute Gasteiger partial charge is 0.481 e. The molecule has 1 amide bonds. The minimum absolute atomic E-state index is 0.0312. The van der Waals surface area contributed by atoms with Crippen molar-refractivity contribution in [1.82, 2.24) is 4.90 Å². The van der Waals surface area contributed by atoms with Crippen molar-refractivity contribution >= 4 is 17.8 Å². The van der Waals surface area contributed by atoms with Gasteiger partial charge in [-0.2, -0.15) is 0 Å². The SMILES string of the molecule is COC(=O)CCN(CC(C)C)C(=O)[C@@H]1CC[C@H](C(=O)O)C1. The molecule has 1 saturated carbocycles. The lowest BCUT2D eigenvalue weighted by Gasteiger charge is -2.27. The maximum absolute atomic E-state index is 12.5. The Labute approximate surface area is 125 Å². The maximum atomic E-state index is 12.5. The van der Waals surface area contributed by atoms with E-state index < -0.39 is 11.9 Å². The summed E-state index contributed by atoms with van der Waals surface area (Å²) in [5, 5.41) is 9.02. The van der Waals surface area contributed by atoms with Gasteiger partial charge in [-0.3, -0.25) is 14.4 Å². The van der Waals surface area contributed by atoms with Gasteiger partial charge in [-0.1, -0.05) is 13.8 Å². The van der Waals surface area contributed by atoms with Gasteiger partial charge in [-0.25, -0.2) is 0 Å². The summed E-state index contributed by atoms with van der Waals surface area (Å²) >= 11 is 0. The third kappa shape index (κ3) is 5.36. The molecule has 1 rings (SSSR count). The molecule has 6 heteroatoms. The summed E-state index contributed by atoms with van der Waals surface area (Å²) in [5.41, 5.74) is 0. The van der Waals surface area contributed by atoms with Crippen molar-refractivity contribution in [2.45, 2.75) is 39.5 Å². The molecule has 0 spiro atoms. The number of aliphatic carboxylic acids is 1. The van der Waals surface area contributed by atoms with E-state index in [1.165, 1.54) is 7.11 Å². The second-order valence-corrected chi connectivity index (χ2v) is 6.05. The van der Waals surface area contributed by atoms with Gasteiger partial charge < -0.3 is 14.7 Å². The van der Waals surface area contributed by atoms with Crippen LogP contribution in [0.1, 0.15) is 39.5 Å². The van der Waals surface area contributed by atoms with E-state index in [2.05, 4.69) is 4.74 Å². The molecule has 1 aliphatic rings. The molecule has 0 heterocycles. The zero-order valence-corrected chi connectivity index (χ0v) is 13.0. The molecule has 0 saturated heterocycles. The first-order valence-corrected chi connectivity index (χ1v) is 7.43. The van der Waals surface area contributed by atoms with Gasteiger partial charge in [0.25, 0.3) is 0 Å². The van der Waals surface area contributed by atoms with Crippen LogP contribution in [0.25, 0.3) is 0 Å². The lowest BCUT2D eigenvalue weighted by atomic mass is 10.0. The lowest BCUT2D eigenvalue weighted by Crippen LogP contribution is -2.39. The summed E-state index contributed by atoms with van der Waals surface area (Å²) in [7, 11) is 1.32. The molecule has 120 valence electrons. The number of hydrogen-bond donors (Lipinski definition) is 1. The second kappa shape index (κ2) is 8.00. The number of hydrogen-bond acceptors (Lipinski definition) is 4. The highest BCUT2D eigenvalue weighted by atomic mass is 16.5. The minimum Gasteiger partial charge on any atom is -0.481 e. The standard InChI is InChI=1S/C15H25NO5/c1-10(2)9-16(7-6-13(17)21-3)14(18)11-4-5-12(8-11)15(19)20/h10-12H,4-9H2,1-3H3,(H,19,20)/t11-,12+/m1/s1. The number of carboxylic acid groups (broad SMARTS) is 1. The zero-order valence-electron chi connectivity index (χ0n) is 13.0. The molecule has 0 radical (unpaired) electrons. The van der Waals surface area contributed by atoms with Crippen LogP contribution in [0.4, 0.5) is 0 Å². The number of rotatable bonds is 7. The van der Waals surface area contributed by atoms with Gasteiger partial charge in [0.15, 0.2) is 0 Å². The molecule has 0 aromatic rings. The fraction of sp³-hybridized carbons (Fsp3) is 0.800. The Morgan fingerprint density at radius 3 is 2.33 bits per heavy atom. The molecule has 2 atom stereocenters. The fourth-order valence-corrected chi connectivity index (χ4v) is 2.75. The predicted octanol–water partition coefficient (Wildman–Crippen LogP) is 1.53. The van der Waals surface area contributed by atoms with E-state index in [4.69, 9.17) is 5.11 Å². The van der Waals surface area contributed by atoms with Gasteiger partial charge in [0, 0.05) is 19.0 Å². The molecule has 6 nitrogen and oxygen atoms in total. The number of methoxy groups -OCH3 is 1. The van der Waals surface area contributed by atoms with Gasteiger partial charge >= 0.3 is 11.9 Å². The van der Waals surface area contributed by atoms with Crippen LogP contribution in [0.5, 0.6) is 0 Å². The van der Waals surface area contributed by atoms with Crippen molar-refractivity contribution in [3.8, 4) is 0 Å². The van der Waals surface area contributed by atoms with Crippen LogP contribution in [0.15, 0.2) is 0 Å². The Bertz CT molecular complexity index is 394. The van der Waals surface area contributed by atoms with E-state index in [0.717, 1.165) is 0 Å². The van der Waals surface area contributed by atoms with Gasteiger partial charge in [-0.05, 0) is 25.2 Å². The number of esters is 1. The van der Waals surface area contributed by atoms with Gasteiger partial charge in [0.2, 0.25) is 5.91 Å². The highest BCUT2D eigenvalue weighted by Crippen LogP contribution is 2.32. The molecule has 0 aromatic carbocycles. The molecular weight excluding hydrogens is 274 g/mol. The Morgan fingerprint density at radius 1 is 1.24 bits per heavy atom. The Balaban J connectivity index is 2.62. The van der Waals surface area contributed by atoms with Crippen molar-refractivity contribution in [2.24, 2.45) is 17.8 Å². The first-order valence-electron chi connectivity index (χ1n) is 7.43. The number of nitrogens with zero attached hydrogens (tertiary/aromatic N) is 1. The van der Waals surface area contributed by atoms with E-state index in [1.807, 2.05) is 13.8 Å². The first kappa shape index (κ1) is 17.5. The third-order valence-corrected chi connectivity index (χ3v) is 3.84. The normalized spacial score (nSPS) is 21.3. The van der Waals surface area contributed by atoms with Crippen LogP contribution in [-0.2, 0) is 19.1 Å². The lowest BCUT2D eigenvalue weighted by molar-refractivity contribution is -0.142. The van der Waals surface area contributed by atoms with Crippen LogP contribution in [0, 0.1) is 17.8 Å². The van der Waals surface area contributed by atoms with Gasteiger partial charge in [0.1, 0.15) is 0 Å². The van der Waals surface area contributed by atoms with Crippen LogP contribution in [-0.4, -0.2) is 48.1 Å². The number of ether oxygens (including phenoxy) is 1. The van der Waals surface area contributed by atoms with Crippen LogP contribution >= 0.6 is 0 Å². The molecule has 1 fully saturated rings. The monoisotopic (exact) mass is 299 g/mol. The zero-order chi connectivity index (χ0) is 16.0. The summed E-state index contributed by atoms with van der Waals surface area (Å²) in [6.45, 7) is 4.92. The van der Waals surface area contributed by atoms with E-state index >= 15 is 0 Å². The summed E-state index contributed by atoms with van der Waals surface area (Å²) in [5.74, 6) is -1.55. The van der Waals surface area contributed by atoms with E-state index in [0.29, 0.717) is 38.3 Å². The molecule has 0 aliphatic heterocycles. The smallest absolute Gasteiger partial charge is 0.307 e. The first-order chi connectivity index (χ1) is 9.85. The average molecular weight is 299 g/mol. The van der Waals surface area contributed by atoms with Crippen molar-refractivity contribution in [3.05, 3.63) is 0 Å². The third-order valence-electron chi connectivity index (χ3n) is 3.84. The molecule has 0 unspecified atom stereocenters. The quantitative estimate of drug-likeness (QED) is 0.721. The minimum atomic E-state index is -0.824. The van der Waals surface area contributed by atoms with Crippen LogP contribution < -0.4 is 0 Å². The second-order valence-electron chi connectivity index (χ2n) is 6.05. The number of carboxylic acids is 1. The summed E-state index contributed by atoms with van der Waals surface area (Å²) in [6.07, 6.45) is 1.74. The summed E-state index contributed by atoms with van der Waals surface area (Å²) < 4.78 is 4.60. The van der Waals surface area contributed by atoms with Crippen molar-refractivity contribution < 1.29 is 24.2 Å². The van der Waals surface area contributed by atoms with Crippen molar-refractivity contribution in [2.75, 3.05) is 20.2 Å². The predicted molar refractivity (Wildman–Crippen MR) is 76.5 cm³/mol. The topological polar surface area (TPSA) is 83.9 Å².